The quantitative estimate of drug-likeness (QED) is 0.333. The first-order valence-corrected chi connectivity index (χ1v) is 11.8. The molecule has 1 fully saturated rings. The Balaban J connectivity index is 1.80. The average molecular weight is 501 g/mol. The van der Waals surface area contributed by atoms with Crippen LogP contribution < -0.4 is 4.90 Å². The third-order valence-corrected chi connectivity index (χ3v) is 6.81. The summed E-state index contributed by atoms with van der Waals surface area (Å²) in [5.41, 5.74) is 2.77. The summed E-state index contributed by atoms with van der Waals surface area (Å²) in [7, 11) is 1.38. The minimum absolute atomic E-state index is 0.422. The van der Waals surface area contributed by atoms with E-state index in [2.05, 4.69) is 51.4 Å². The van der Waals surface area contributed by atoms with Crippen LogP contribution in [0.1, 0.15) is 44.0 Å². The van der Waals surface area contributed by atoms with Gasteiger partial charge in [-0.05, 0) is 73.8 Å². The Bertz CT molecular complexity index is 1100. The van der Waals surface area contributed by atoms with E-state index in [0.717, 1.165) is 22.7 Å². The number of esters is 1. The maximum atomic E-state index is 12.5. The van der Waals surface area contributed by atoms with Crippen LogP contribution in [0.25, 0.3) is 22.4 Å². The molecule has 1 aromatic carbocycles. The van der Waals surface area contributed by atoms with Gasteiger partial charge in [-0.15, -0.1) is 0 Å². The van der Waals surface area contributed by atoms with Crippen LogP contribution in [0.2, 0.25) is 0 Å². The van der Waals surface area contributed by atoms with Crippen molar-refractivity contribution in [1.82, 2.24) is 14.5 Å². The second kappa shape index (κ2) is 9.58. The molecule has 7 nitrogen and oxygen atoms in total. The second-order valence-electron chi connectivity index (χ2n) is 8.15. The van der Waals surface area contributed by atoms with Gasteiger partial charge in [-0.3, -0.25) is 0 Å². The molecule has 1 aliphatic heterocycles. The van der Waals surface area contributed by atoms with E-state index in [0.29, 0.717) is 47.4 Å². The molecular weight excluding hydrogens is 472 g/mol. The minimum atomic E-state index is -0.422. The van der Waals surface area contributed by atoms with E-state index >= 15 is 0 Å². The maximum Gasteiger partial charge on any atom is 0.341 e. The van der Waals surface area contributed by atoms with Crippen LogP contribution >= 0.6 is 15.9 Å². The van der Waals surface area contributed by atoms with Crippen LogP contribution in [0.15, 0.2) is 34.9 Å². The summed E-state index contributed by atoms with van der Waals surface area (Å²) in [5.74, 6) is 1.32. The van der Waals surface area contributed by atoms with Crippen molar-refractivity contribution in [3.05, 3.63) is 40.5 Å². The summed E-state index contributed by atoms with van der Waals surface area (Å²) in [5, 5.41) is 0. The highest BCUT2D eigenvalue weighted by Gasteiger charge is 2.28. The predicted octanol–water partition coefficient (Wildman–Crippen LogP) is 5.06. The van der Waals surface area contributed by atoms with Crippen LogP contribution in [0.5, 0.6) is 0 Å². The summed E-state index contributed by atoms with van der Waals surface area (Å²) in [6, 6.07) is 8.92. The number of hydrogen-bond donors (Lipinski definition) is 0. The van der Waals surface area contributed by atoms with Gasteiger partial charge in [0.1, 0.15) is 22.7 Å². The van der Waals surface area contributed by atoms with Crippen molar-refractivity contribution in [2.45, 2.75) is 52.2 Å². The van der Waals surface area contributed by atoms with Crippen molar-refractivity contribution < 1.29 is 14.3 Å². The number of pyridine rings is 1. The van der Waals surface area contributed by atoms with Gasteiger partial charge in [0.2, 0.25) is 0 Å². The van der Waals surface area contributed by atoms with E-state index in [1.54, 1.807) is 0 Å². The fourth-order valence-electron chi connectivity index (χ4n) is 4.53. The first-order valence-electron chi connectivity index (χ1n) is 11.1. The van der Waals surface area contributed by atoms with Crippen molar-refractivity contribution >= 4 is 38.8 Å². The van der Waals surface area contributed by atoms with Gasteiger partial charge in [0.25, 0.3) is 0 Å². The zero-order chi connectivity index (χ0) is 22.8. The smallest absolute Gasteiger partial charge is 0.341 e. The van der Waals surface area contributed by atoms with Crippen molar-refractivity contribution in [1.29, 1.82) is 0 Å². The number of halogens is 1. The van der Waals surface area contributed by atoms with Crippen LogP contribution in [0.4, 0.5) is 5.82 Å². The lowest BCUT2D eigenvalue weighted by Crippen LogP contribution is -2.33. The van der Waals surface area contributed by atoms with E-state index < -0.39 is 5.97 Å². The molecule has 0 spiro atoms. The molecule has 0 radical (unpaired) electrons. The Labute approximate surface area is 196 Å². The van der Waals surface area contributed by atoms with Gasteiger partial charge in [-0.25, -0.2) is 14.8 Å². The minimum Gasteiger partial charge on any atom is -0.465 e. The van der Waals surface area contributed by atoms with Crippen LogP contribution in [0, 0.1) is 0 Å². The highest BCUT2D eigenvalue weighted by atomic mass is 79.9. The highest BCUT2D eigenvalue weighted by Crippen LogP contribution is 2.33. The number of anilines is 1. The molecule has 0 aliphatic carbocycles. The second-order valence-corrected chi connectivity index (χ2v) is 9.01. The molecule has 3 heterocycles. The lowest BCUT2D eigenvalue weighted by atomic mass is 10.2. The van der Waals surface area contributed by atoms with Crippen LogP contribution in [0.3, 0.4) is 0 Å². The van der Waals surface area contributed by atoms with Gasteiger partial charge >= 0.3 is 5.97 Å². The number of ether oxygens (including phenoxy) is 2. The Morgan fingerprint density at radius 2 is 1.94 bits per heavy atom. The molecule has 170 valence electrons. The third kappa shape index (κ3) is 4.13. The van der Waals surface area contributed by atoms with Gasteiger partial charge in [0.15, 0.2) is 0 Å². The molecule has 2 atom stereocenters. The summed E-state index contributed by atoms with van der Waals surface area (Å²) < 4.78 is 13.4. The van der Waals surface area contributed by atoms with Crippen LogP contribution in [-0.2, 0) is 16.0 Å². The van der Waals surface area contributed by atoms with E-state index in [1.165, 1.54) is 20.0 Å². The molecule has 0 saturated carbocycles. The Kier molecular flexibility index (Phi) is 6.81. The maximum absolute atomic E-state index is 12.5. The number of benzene rings is 1. The molecule has 0 amide bonds. The number of hydrogen-bond acceptors (Lipinski definition) is 6. The van der Waals surface area contributed by atoms with Crippen molar-refractivity contribution in [3.63, 3.8) is 0 Å². The van der Waals surface area contributed by atoms with Gasteiger partial charge in [0, 0.05) is 41.5 Å². The molecule has 1 aliphatic rings. The number of aromatic nitrogens is 3. The molecule has 0 bridgehead atoms. The Morgan fingerprint density at radius 1 is 1.19 bits per heavy atom. The predicted molar refractivity (Wildman–Crippen MR) is 129 cm³/mol. The van der Waals surface area contributed by atoms with Crippen molar-refractivity contribution in [2.24, 2.45) is 0 Å². The molecule has 8 heteroatoms. The number of carbonyl (C=O) groups is 1. The molecule has 2 aromatic heterocycles. The average Bonchev–Trinajstić information content (AvgIpc) is 3.33. The number of imidazole rings is 1. The molecule has 4 rings (SSSR count). The summed E-state index contributed by atoms with van der Waals surface area (Å²) in [6.45, 7) is 8.28. The topological polar surface area (TPSA) is 69.5 Å². The normalized spacial score (nSPS) is 18.5. The van der Waals surface area contributed by atoms with E-state index in [4.69, 9.17) is 19.4 Å². The molecule has 0 N–H and O–H groups in total. The van der Waals surface area contributed by atoms with Gasteiger partial charge in [-0.2, -0.15) is 0 Å². The number of nitrogens with zero attached hydrogens (tertiary/aromatic N) is 4. The van der Waals surface area contributed by atoms with Crippen molar-refractivity contribution in [2.75, 3.05) is 25.2 Å². The summed E-state index contributed by atoms with van der Waals surface area (Å²) >= 11 is 3.48. The molecule has 1 saturated heterocycles. The van der Waals surface area contributed by atoms with E-state index in [-0.39, 0.29) is 0 Å². The molecule has 3 aromatic rings. The zero-order valence-corrected chi connectivity index (χ0v) is 20.6. The first-order chi connectivity index (χ1) is 15.5. The van der Waals surface area contributed by atoms with Crippen LogP contribution in [-0.4, -0.2) is 52.9 Å². The van der Waals surface area contributed by atoms with Crippen molar-refractivity contribution in [3.8, 4) is 11.4 Å². The standard InChI is InChI=1S/C24H29BrN4O3/c1-5-32-13-12-28-19-10-9-18(25)21(24(30)31-4)22(19)27-23(28)17-8-11-20(26-14-17)29-15(2)6-7-16(29)3/h8-11,14-16H,5-7,12-13H2,1-4H3/t15-,16-/m0/s1. The Morgan fingerprint density at radius 3 is 2.56 bits per heavy atom. The van der Waals surface area contributed by atoms with E-state index in [9.17, 15) is 4.79 Å². The van der Waals surface area contributed by atoms with Gasteiger partial charge in [-0.1, -0.05) is 0 Å². The monoisotopic (exact) mass is 500 g/mol. The molecular formula is C24H29BrN4O3. The number of rotatable bonds is 7. The van der Waals surface area contributed by atoms with Gasteiger partial charge < -0.3 is 18.9 Å². The number of fused-ring (bicyclic) bond motifs is 1. The summed E-state index contributed by atoms with van der Waals surface area (Å²) in [6.07, 6.45) is 4.24. The van der Waals surface area contributed by atoms with E-state index in [1.807, 2.05) is 25.3 Å². The molecule has 32 heavy (non-hydrogen) atoms. The number of carbonyl (C=O) groups excluding carboxylic acids is 1. The SMILES string of the molecule is CCOCCn1c(-c2ccc(N3[C@@H](C)CC[C@@H]3C)nc2)nc2c(C(=O)OC)c(Br)ccc21. The lowest BCUT2D eigenvalue weighted by Gasteiger charge is -2.27. The van der Waals surface area contributed by atoms with Gasteiger partial charge in [0.05, 0.1) is 19.2 Å². The fraction of sp³-hybridized carbons (Fsp3) is 0.458. The summed E-state index contributed by atoms with van der Waals surface area (Å²) in [4.78, 5) is 24.5. The largest absolute Gasteiger partial charge is 0.465 e. The highest BCUT2D eigenvalue weighted by molar-refractivity contribution is 9.10. The zero-order valence-electron chi connectivity index (χ0n) is 19.0. The fourth-order valence-corrected chi connectivity index (χ4v) is 5.01. The molecule has 0 unspecified atom stereocenters. The Hall–Kier alpha value is -2.45. The first kappa shape index (κ1) is 22.7. The lowest BCUT2D eigenvalue weighted by molar-refractivity contribution is 0.0602. The number of methoxy groups -OCH3 is 1. The third-order valence-electron chi connectivity index (χ3n) is 6.15.